The smallest absolute Gasteiger partial charge is 0.318 e. The summed E-state index contributed by atoms with van der Waals surface area (Å²) >= 11 is 5.94. The van der Waals surface area contributed by atoms with Crippen LogP contribution in [-0.2, 0) is 0 Å². The second-order valence-corrected chi connectivity index (χ2v) is 4.12. The molecule has 0 spiro atoms. The number of hydrogen-bond acceptors (Lipinski definition) is 4. The third kappa shape index (κ3) is 2.96. The molecule has 0 unspecified atom stereocenters. The zero-order valence-electron chi connectivity index (χ0n) is 8.66. The zero-order chi connectivity index (χ0) is 10.7. The molecular formula is C10H14ClN3O. The van der Waals surface area contributed by atoms with Gasteiger partial charge in [-0.15, -0.1) is 0 Å². The van der Waals surface area contributed by atoms with Crippen LogP contribution in [0.4, 0.5) is 5.82 Å². The third-order valence-corrected chi connectivity index (χ3v) is 2.72. The fraction of sp³-hybridized carbons (Fsp3) is 0.600. The fourth-order valence-corrected chi connectivity index (χ4v) is 1.53. The standard InChI is InChI=1S/C10H14ClN3O/c1-15-10-13-6-8(11)9(14-10)12-5-4-7-2-3-7/h6-7H,2-5H2,1H3,(H,12,13,14). The minimum Gasteiger partial charge on any atom is -0.467 e. The molecule has 0 atom stereocenters. The van der Waals surface area contributed by atoms with Crippen molar-refractivity contribution in [1.82, 2.24) is 9.97 Å². The minimum atomic E-state index is 0.341. The number of anilines is 1. The van der Waals surface area contributed by atoms with Gasteiger partial charge in [-0.1, -0.05) is 24.4 Å². The van der Waals surface area contributed by atoms with Crippen LogP contribution < -0.4 is 10.1 Å². The second kappa shape index (κ2) is 4.66. The number of methoxy groups -OCH3 is 1. The maximum Gasteiger partial charge on any atom is 0.318 e. The van der Waals surface area contributed by atoms with Gasteiger partial charge in [-0.25, -0.2) is 4.98 Å². The van der Waals surface area contributed by atoms with Gasteiger partial charge in [-0.3, -0.25) is 0 Å². The Morgan fingerprint density at radius 1 is 1.60 bits per heavy atom. The summed E-state index contributed by atoms with van der Waals surface area (Å²) in [7, 11) is 1.54. The van der Waals surface area contributed by atoms with E-state index in [2.05, 4.69) is 15.3 Å². The van der Waals surface area contributed by atoms with Gasteiger partial charge in [0.2, 0.25) is 0 Å². The highest BCUT2D eigenvalue weighted by Gasteiger charge is 2.20. The van der Waals surface area contributed by atoms with Crippen LogP contribution in [0.2, 0.25) is 5.02 Å². The van der Waals surface area contributed by atoms with Gasteiger partial charge in [0.05, 0.1) is 13.3 Å². The third-order valence-electron chi connectivity index (χ3n) is 2.45. The van der Waals surface area contributed by atoms with Crippen LogP contribution in [0.3, 0.4) is 0 Å². The molecule has 0 aliphatic heterocycles. The normalized spacial score (nSPS) is 15.1. The largest absolute Gasteiger partial charge is 0.467 e. The maximum absolute atomic E-state index is 5.94. The number of nitrogens with zero attached hydrogens (tertiary/aromatic N) is 2. The van der Waals surface area contributed by atoms with Crippen LogP contribution in [0.25, 0.3) is 0 Å². The fourth-order valence-electron chi connectivity index (χ4n) is 1.37. The molecule has 5 heteroatoms. The first-order valence-electron chi connectivity index (χ1n) is 5.10. The van der Waals surface area contributed by atoms with Crippen molar-refractivity contribution in [1.29, 1.82) is 0 Å². The number of hydrogen-bond donors (Lipinski definition) is 1. The van der Waals surface area contributed by atoms with Crippen molar-refractivity contribution in [3.8, 4) is 6.01 Å². The average Bonchev–Trinajstić information content (AvgIpc) is 3.05. The Labute approximate surface area is 94.0 Å². The van der Waals surface area contributed by atoms with E-state index in [1.54, 1.807) is 6.20 Å². The van der Waals surface area contributed by atoms with Crippen LogP contribution in [0, 0.1) is 5.92 Å². The van der Waals surface area contributed by atoms with Crippen molar-refractivity contribution in [2.75, 3.05) is 19.0 Å². The van der Waals surface area contributed by atoms with E-state index in [1.165, 1.54) is 26.4 Å². The van der Waals surface area contributed by atoms with E-state index in [4.69, 9.17) is 16.3 Å². The van der Waals surface area contributed by atoms with Gasteiger partial charge < -0.3 is 10.1 Å². The molecule has 0 bridgehead atoms. The highest BCUT2D eigenvalue weighted by atomic mass is 35.5. The summed E-state index contributed by atoms with van der Waals surface area (Å²) in [6, 6.07) is 0.341. The minimum absolute atomic E-state index is 0.341. The number of rotatable bonds is 5. The molecule has 1 heterocycles. The highest BCUT2D eigenvalue weighted by Crippen LogP contribution is 2.32. The SMILES string of the molecule is COc1ncc(Cl)c(NCCC2CC2)n1. The lowest BCUT2D eigenvalue weighted by atomic mass is 10.3. The van der Waals surface area contributed by atoms with E-state index in [1.807, 2.05) is 0 Å². The zero-order valence-corrected chi connectivity index (χ0v) is 9.42. The number of ether oxygens (including phenoxy) is 1. The van der Waals surface area contributed by atoms with Crippen molar-refractivity contribution in [3.05, 3.63) is 11.2 Å². The van der Waals surface area contributed by atoms with E-state index < -0.39 is 0 Å². The topological polar surface area (TPSA) is 47.0 Å². The van der Waals surface area contributed by atoms with Crippen molar-refractivity contribution < 1.29 is 4.74 Å². The molecular weight excluding hydrogens is 214 g/mol. The Morgan fingerprint density at radius 2 is 2.40 bits per heavy atom. The van der Waals surface area contributed by atoms with Gasteiger partial charge in [0.15, 0.2) is 5.82 Å². The Hall–Kier alpha value is -1.03. The van der Waals surface area contributed by atoms with E-state index in [0.29, 0.717) is 16.9 Å². The lowest BCUT2D eigenvalue weighted by Crippen LogP contribution is -2.06. The van der Waals surface area contributed by atoms with E-state index in [-0.39, 0.29) is 0 Å². The molecule has 1 N–H and O–H groups in total. The first-order valence-corrected chi connectivity index (χ1v) is 5.48. The van der Waals surface area contributed by atoms with E-state index >= 15 is 0 Å². The van der Waals surface area contributed by atoms with Gasteiger partial charge >= 0.3 is 6.01 Å². The predicted molar refractivity (Wildman–Crippen MR) is 59.4 cm³/mol. The predicted octanol–water partition coefficient (Wildman–Crippen LogP) is 2.35. The average molecular weight is 228 g/mol. The monoisotopic (exact) mass is 227 g/mol. The molecule has 0 saturated heterocycles. The Kier molecular flexibility index (Phi) is 3.26. The quantitative estimate of drug-likeness (QED) is 0.839. The second-order valence-electron chi connectivity index (χ2n) is 3.71. The first-order chi connectivity index (χ1) is 7.29. The summed E-state index contributed by atoms with van der Waals surface area (Å²) in [6.07, 6.45) is 5.46. The van der Waals surface area contributed by atoms with Gasteiger partial charge in [0.1, 0.15) is 5.02 Å². The summed E-state index contributed by atoms with van der Waals surface area (Å²) < 4.78 is 4.93. The Balaban J connectivity index is 1.92. The van der Waals surface area contributed by atoms with Gasteiger partial charge in [0, 0.05) is 6.54 Å². The lowest BCUT2D eigenvalue weighted by Gasteiger charge is -2.07. The van der Waals surface area contributed by atoms with Crippen molar-refractivity contribution >= 4 is 17.4 Å². The molecule has 1 aromatic heterocycles. The van der Waals surface area contributed by atoms with Gasteiger partial charge in [-0.2, -0.15) is 4.98 Å². The molecule has 1 aliphatic carbocycles. The molecule has 0 amide bonds. The summed E-state index contributed by atoms with van der Waals surface area (Å²) in [6.45, 7) is 0.907. The molecule has 15 heavy (non-hydrogen) atoms. The van der Waals surface area contributed by atoms with Gasteiger partial charge in [-0.05, 0) is 12.3 Å². The number of nitrogens with one attached hydrogen (secondary N) is 1. The Bertz CT molecular complexity index is 341. The molecule has 82 valence electrons. The van der Waals surface area contributed by atoms with Crippen LogP contribution in [0.1, 0.15) is 19.3 Å². The van der Waals surface area contributed by atoms with Crippen LogP contribution in [0.15, 0.2) is 6.20 Å². The van der Waals surface area contributed by atoms with E-state index in [0.717, 1.165) is 12.5 Å². The van der Waals surface area contributed by atoms with Gasteiger partial charge in [0.25, 0.3) is 0 Å². The first kappa shape index (κ1) is 10.5. The molecule has 1 fully saturated rings. The summed E-state index contributed by atoms with van der Waals surface area (Å²) in [4.78, 5) is 8.04. The molecule has 0 radical (unpaired) electrons. The van der Waals surface area contributed by atoms with Crippen molar-refractivity contribution in [2.24, 2.45) is 5.92 Å². The van der Waals surface area contributed by atoms with Crippen molar-refractivity contribution in [2.45, 2.75) is 19.3 Å². The molecule has 4 nitrogen and oxygen atoms in total. The number of aromatic nitrogens is 2. The maximum atomic E-state index is 5.94. The molecule has 1 aromatic rings. The molecule has 2 rings (SSSR count). The number of halogens is 1. The molecule has 1 saturated carbocycles. The summed E-state index contributed by atoms with van der Waals surface area (Å²) in [5, 5.41) is 3.73. The lowest BCUT2D eigenvalue weighted by molar-refractivity contribution is 0.380. The van der Waals surface area contributed by atoms with Crippen LogP contribution >= 0.6 is 11.6 Å². The van der Waals surface area contributed by atoms with Crippen LogP contribution in [-0.4, -0.2) is 23.6 Å². The van der Waals surface area contributed by atoms with Crippen LogP contribution in [0.5, 0.6) is 6.01 Å². The Morgan fingerprint density at radius 3 is 3.07 bits per heavy atom. The van der Waals surface area contributed by atoms with Crippen molar-refractivity contribution in [3.63, 3.8) is 0 Å². The summed E-state index contributed by atoms with van der Waals surface area (Å²) in [5.41, 5.74) is 0. The molecule has 0 aromatic carbocycles. The summed E-state index contributed by atoms with van der Waals surface area (Å²) in [5.74, 6) is 1.56. The van der Waals surface area contributed by atoms with E-state index in [9.17, 15) is 0 Å². The molecule has 1 aliphatic rings. The highest BCUT2D eigenvalue weighted by molar-refractivity contribution is 6.32.